The fourth-order valence-electron chi connectivity index (χ4n) is 2.69. The Morgan fingerprint density at radius 3 is 2.64 bits per heavy atom. The molecule has 1 aliphatic heterocycles. The van der Waals surface area contributed by atoms with Crippen molar-refractivity contribution in [1.29, 1.82) is 0 Å². The highest BCUT2D eigenvalue weighted by Crippen LogP contribution is 2.34. The van der Waals surface area contributed by atoms with E-state index in [1.165, 1.54) is 6.07 Å². The normalized spacial score (nSPS) is 18.5. The number of ether oxygens (including phenoxy) is 2. The van der Waals surface area contributed by atoms with Gasteiger partial charge in [0.25, 0.3) is 0 Å². The molecule has 1 N–H and O–H groups in total. The van der Waals surface area contributed by atoms with E-state index in [2.05, 4.69) is 15.3 Å². The number of hydrogen-bond donors (Lipinski definition) is 1. The number of nitrogens with one attached hydrogen (secondary N) is 1. The molecule has 0 aromatic heterocycles. The Morgan fingerprint density at radius 2 is 2.00 bits per heavy atom. The van der Waals surface area contributed by atoms with E-state index < -0.39 is 6.61 Å². The van der Waals surface area contributed by atoms with E-state index in [4.69, 9.17) is 4.74 Å². The lowest BCUT2D eigenvalue weighted by Gasteiger charge is -2.17. The summed E-state index contributed by atoms with van der Waals surface area (Å²) in [5, 5.41) is 3.92. The molecule has 0 bridgehead atoms. The van der Waals surface area contributed by atoms with E-state index in [1.54, 1.807) is 12.1 Å². The van der Waals surface area contributed by atoms with Crippen molar-refractivity contribution in [2.45, 2.75) is 44.8 Å². The Bertz CT molecular complexity index is 598. The molecule has 0 spiro atoms. The van der Waals surface area contributed by atoms with Crippen molar-refractivity contribution >= 4 is 11.6 Å². The van der Waals surface area contributed by atoms with Gasteiger partial charge in [-0.2, -0.15) is 13.9 Å². The highest BCUT2D eigenvalue weighted by Gasteiger charge is 2.22. The van der Waals surface area contributed by atoms with Gasteiger partial charge in [0.2, 0.25) is 5.91 Å². The molecule has 3 rings (SSSR count). The number of nitrogens with zero attached hydrogens (tertiary/aromatic N) is 1. The molecule has 0 radical (unpaired) electrons. The molecule has 1 fully saturated rings. The van der Waals surface area contributed by atoms with Crippen LogP contribution in [0.5, 0.6) is 11.5 Å². The number of rotatable bonds is 5. The van der Waals surface area contributed by atoms with E-state index in [1.807, 2.05) is 0 Å². The van der Waals surface area contributed by atoms with E-state index in [-0.39, 0.29) is 29.9 Å². The molecule has 22 heavy (non-hydrogen) atoms. The van der Waals surface area contributed by atoms with E-state index >= 15 is 0 Å². The van der Waals surface area contributed by atoms with Crippen LogP contribution in [0, 0.1) is 0 Å². The topological polar surface area (TPSA) is 59.9 Å². The molecule has 118 valence electrons. The second-order valence-electron chi connectivity index (χ2n) is 5.33. The zero-order chi connectivity index (χ0) is 15.5. The van der Waals surface area contributed by atoms with Crippen LogP contribution in [-0.2, 0) is 4.79 Å². The molecule has 5 nitrogen and oxygen atoms in total. The number of benzene rings is 1. The minimum absolute atomic E-state index is 0.00327. The van der Waals surface area contributed by atoms with Gasteiger partial charge in [-0.3, -0.25) is 4.79 Å². The second kappa shape index (κ2) is 6.29. The zero-order valence-electron chi connectivity index (χ0n) is 11.9. The van der Waals surface area contributed by atoms with Crippen LogP contribution >= 0.6 is 0 Å². The summed E-state index contributed by atoms with van der Waals surface area (Å²) < 4.78 is 35.4. The van der Waals surface area contributed by atoms with Crippen LogP contribution in [0.4, 0.5) is 8.78 Å². The first-order chi connectivity index (χ1) is 10.6. The van der Waals surface area contributed by atoms with Crippen molar-refractivity contribution < 1.29 is 23.0 Å². The Hall–Kier alpha value is -2.18. The molecule has 0 atom stereocenters. The van der Waals surface area contributed by atoms with Crippen molar-refractivity contribution in [1.82, 2.24) is 5.43 Å². The number of amides is 1. The first-order valence-electron chi connectivity index (χ1n) is 7.23. The minimum Gasteiger partial charge on any atom is -0.487 e. The van der Waals surface area contributed by atoms with Crippen molar-refractivity contribution in [3.05, 3.63) is 23.8 Å². The largest absolute Gasteiger partial charge is 0.487 e. The summed E-state index contributed by atoms with van der Waals surface area (Å²) in [7, 11) is 0. The summed E-state index contributed by atoms with van der Waals surface area (Å²) in [5.74, 6) is 0.0800. The quantitative estimate of drug-likeness (QED) is 0.909. The average molecular weight is 310 g/mol. The van der Waals surface area contributed by atoms with Gasteiger partial charge < -0.3 is 9.47 Å². The molecular formula is C15H16F2N2O3. The predicted octanol–water partition coefficient (Wildman–Crippen LogP) is 2.83. The number of hydrazone groups is 1. The van der Waals surface area contributed by atoms with Gasteiger partial charge in [0.1, 0.15) is 0 Å². The van der Waals surface area contributed by atoms with Gasteiger partial charge in [-0.15, -0.1) is 0 Å². The van der Waals surface area contributed by atoms with Gasteiger partial charge in [-0.25, -0.2) is 5.43 Å². The summed E-state index contributed by atoms with van der Waals surface area (Å²) in [6, 6.07) is 4.63. The van der Waals surface area contributed by atoms with Crippen LogP contribution in [0.3, 0.4) is 0 Å². The number of hydrogen-bond acceptors (Lipinski definition) is 4. The van der Waals surface area contributed by atoms with Gasteiger partial charge in [-0.05, 0) is 43.9 Å². The molecule has 0 unspecified atom stereocenters. The van der Waals surface area contributed by atoms with Gasteiger partial charge in [-0.1, -0.05) is 0 Å². The molecular weight excluding hydrogens is 294 g/mol. The molecule has 1 saturated carbocycles. The van der Waals surface area contributed by atoms with Crippen molar-refractivity contribution in [3.63, 3.8) is 0 Å². The summed E-state index contributed by atoms with van der Waals surface area (Å²) in [4.78, 5) is 11.2. The maximum absolute atomic E-state index is 12.5. The maximum Gasteiger partial charge on any atom is 0.387 e. The van der Waals surface area contributed by atoms with Gasteiger partial charge >= 0.3 is 6.61 Å². The lowest BCUT2D eigenvalue weighted by atomic mass is 10.1. The summed E-state index contributed by atoms with van der Waals surface area (Å²) in [6.45, 7) is -2.91. The Balaban J connectivity index is 1.85. The lowest BCUT2D eigenvalue weighted by Crippen LogP contribution is -2.13. The maximum atomic E-state index is 12.5. The van der Waals surface area contributed by atoms with Crippen LogP contribution in [-0.4, -0.2) is 24.3 Å². The molecule has 1 heterocycles. The van der Waals surface area contributed by atoms with Crippen molar-refractivity contribution in [2.24, 2.45) is 5.10 Å². The summed E-state index contributed by atoms with van der Waals surface area (Å²) >= 11 is 0. The van der Waals surface area contributed by atoms with Crippen LogP contribution in [0.25, 0.3) is 0 Å². The molecule has 1 aromatic carbocycles. The third kappa shape index (κ3) is 3.35. The van der Waals surface area contributed by atoms with Crippen LogP contribution in [0.2, 0.25) is 0 Å². The number of carbonyl (C=O) groups is 1. The monoisotopic (exact) mass is 310 g/mol. The zero-order valence-corrected chi connectivity index (χ0v) is 11.9. The Labute approximate surface area is 126 Å². The first-order valence-corrected chi connectivity index (χ1v) is 7.23. The van der Waals surface area contributed by atoms with E-state index in [0.29, 0.717) is 11.3 Å². The van der Waals surface area contributed by atoms with Crippen molar-refractivity contribution in [3.8, 4) is 11.5 Å². The molecule has 2 aliphatic rings. The lowest BCUT2D eigenvalue weighted by molar-refractivity contribution is -0.119. The van der Waals surface area contributed by atoms with Crippen LogP contribution in [0.15, 0.2) is 23.3 Å². The van der Waals surface area contributed by atoms with Crippen LogP contribution in [0.1, 0.15) is 37.7 Å². The van der Waals surface area contributed by atoms with E-state index in [9.17, 15) is 13.6 Å². The SMILES string of the molecule is O=C1CC(c2ccc(OC(F)F)c(OC3CCCC3)c2)=NN1. The highest BCUT2D eigenvalue weighted by atomic mass is 19.3. The van der Waals surface area contributed by atoms with Crippen LogP contribution < -0.4 is 14.9 Å². The fourth-order valence-corrected chi connectivity index (χ4v) is 2.69. The smallest absolute Gasteiger partial charge is 0.387 e. The molecule has 7 heteroatoms. The Kier molecular flexibility index (Phi) is 4.22. The third-order valence-corrected chi connectivity index (χ3v) is 3.73. The standard InChI is InChI=1S/C15H16F2N2O3/c16-15(17)22-12-6-5-9(11-8-14(20)19-18-11)7-13(12)21-10-3-1-2-4-10/h5-7,10,15H,1-4,8H2,(H,19,20). The van der Waals surface area contributed by atoms with Crippen molar-refractivity contribution in [2.75, 3.05) is 0 Å². The molecule has 1 aromatic rings. The molecule has 1 amide bonds. The second-order valence-corrected chi connectivity index (χ2v) is 5.33. The average Bonchev–Trinajstić information content (AvgIpc) is 3.12. The predicted molar refractivity (Wildman–Crippen MR) is 75.3 cm³/mol. The molecule has 0 saturated heterocycles. The number of alkyl halides is 2. The molecule has 1 aliphatic carbocycles. The first kappa shape index (κ1) is 14.7. The summed E-state index contributed by atoms with van der Waals surface area (Å²) in [5.41, 5.74) is 3.58. The summed E-state index contributed by atoms with van der Waals surface area (Å²) in [6.07, 6.45) is 4.12. The van der Waals surface area contributed by atoms with E-state index in [0.717, 1.165) is 25.7 Å². The highest BCUT2D eigenvalue weighted by molar-refractivity contribution is 6.13. The Morgan fingerprint density at radius 1 is 1.23 bits per heavy atom. The number of halogens is 2. The van der Waals surface area contributed by atoms with Gasteiger partial charge in [0.15, 0.2) is 11.5 Å². The fraction of sp³-hybridized carbons (Fsp3) is 0.467. The number of carbonyl (C=O) groups excluding carboxylic acids is 1. The van der Waals surface area contributed by atoms with Gasteiger partial charge in [0, 0.05) is 5.56 Å². The minimum atomic E-state index is -2.91. The van der Waals surface area contributed by atoms with Gasteiger partial charge in [0.05, 0.1) is 18.2 Å². The third-order valence-electron chi connectivity index (χ3n) is 3.73.